The van der Waals surface area contributed by atoms with Gasteiger partial charge in [-0.05, 0) is 36.6 Å². The van der Waals surface area contributed by atoms with Crippen LogP contribution in [0.1, 0.15) is 12.8 Å². The van der Waals surface area contributed by atoms with E-state index in [0.29, 0.717) is 6.04 Å². The normalized spacial score (nSPS) is 22.5. The summed E-state index contributed by atoms with van der Waals surface area (Å²) in [6.45, 7) is 4.30. The van der Waals surface area contributed by atoms with E-state index >= 15 is 0 Å². The van der Waals surface area contributed by atoms with Crippen LogP contribution >= 0.6 is 11.6 Å². The zero-order valence-corrected chi connectivity index (χ0v) is 12.7. The molecule has 0 radical (unpaired) electrons. The third-order valence-electron chi connectivity index (χ3n) is 4.06. The molecular formula is C16H20ClFN2O. The van der Waals surface area contributed by atoms with Crippen LogP contribution in [0.5, 0.6) is 0 Å². The van der Waals surface area contributed by atoms with Crippen LogP contribution in [0.3, 0.4) is 0 Å². The molecule has 114 valence electrons. The molecule has 3 nitrogen and oxygen atoms in total. The molecule has 0 aliphatic carbocycles. The summed E-state index contributed by atoms with van der Waals surface area (Å²) in [5, 5.41) is 3.74. The van der Waals surface area contributed by atoms with Gasteiger partial charge in [0.05, 0.1) is 18.2 Å². The molecule has 1 aromatic rings. The summed E-state index contributed by atoms with van der Waals surface area (Å²) in [6, 6.07) is 5.46. The first-order chi connectivity index (χ1) is 10.2. The molecule has 1 atom stereocenters. The van der Waals surface area contributed by atoms with E-state index in [0.717, 1.165) is 51.4 Å². The lowest BCUT2D eigenvalue weighted by Crippen LogP contribution is -2.34. The van der Waals surface area contributed by atoms with Gasteiger partial charge in [0.15, 0.2) is 0 Å². The third-order valence-corrected chi connectivity index (χ3v) is 4.36. The summed E-state index contributed by atoms with van der Waals surface area (Å²) in [5.74, 6) is -0.352. The predicted molar refractivity (Wildman–Crippen MR) is 83.5 cm³/mol. The molecule has 21 heavy (non-hydrogen) atoms. The zero-order chi connectivity index (χ0) is 14.7. The van der Waals surface area contributed by atoms with Crippen molar-refractivity contribution < 1.29 is 9.13 Å². The maximum atomic E-state index is 13.5. The van der Waals surface area contributed by atoms with E-state index in [-0.39, 0.29) is 10.8 Å². The van der Waals surface area contributed by atoms with Crippen LogP contribution in [0.2, 0.25) is 5.02 Å². The Morgan fingerprint density at radius 3 is 3.10 bits per heavy atom. The first-order valence-electron chi connectivity index (χ1n) is 7.41. The number of anilines is 1. The van der Waals surface area contributed by atoms with Gasteiger partial charge in [-0.2, -0.15) is 0 Å². The lowest BCUT2D eigenvalue weighted by Gasteiger charge is -2.20. The second-order valence-corrected chi connectivity index (χ2v) is 6.02. The second kappa shape index (κ2) is 6.77. The van der Waals surface area contributed by atoms with Crippen LogP contribution in [0.4, 0.5) is 10.1 Å². The molecule has 1 aromatic carbocycles. The van der Waals surface area contributed by atoms with Crippen LogP contribution in [0, 0.1) is 5.82 Å². The Morgan fingerprint density at radius 1 is 1.43 bits per heavy atom. The quantitative estimate of drug-likeness (QED) is 0.865. The van der Waals surface area contributed by atoms with E-state index < -0.39 is 0 Å². The number of nitrogens with zero attached hydrogens (tertiary/aromatic N) is 1. The molecule has 1 fully saturated rings. The minimum Gasteiger partial charge on any atom is -0.377 e. The molecule has 0 bridgehead atoms. The average molecular weight is 311 g/mol. The van der Waals surface area contributed by atoms with E-state index in [9.17, 15) is 4.39 Å². The van der Waals surface area contributed by atoms with Gasteiger partial charge in [0, 0.05) is 31.4 Å². The van der Waals surface area contributed by atoms with Crippen molar-refractivity contribution in [1.82, 2.24) is 5.32 Å². The highest BCUT2D eigenvalue weighted by molar-refractivity contribution is 6.30. The number of hydrogen-bond donors (Lipinski definition) is 1. The van der Waals surface area contributed by atoms with Gasteiger partial charge in [-0.3, -0.25) is 0 Å². The van der Waals surface area contributed by atoms with Gasteiger partial charge in [-0.25, -0.2) is 4.39 Å². The summed E-state index contributed by atoms with van der Waals surface area (Å²) in [6.07, 6.45) is 4.34. The maximum Gasteiger partial charge on any atom is 0.143 e. The minimum atomic E-state index is -0.352. The lowest BCUT2D eigenvalue weighted by atomic mass is 10.2. The van der Waals surface area contributed by atoms with Crippen molar-refractivity contribution in [2.24, 2.45) is 0 Å². The monoisotopic (exact) mass is 310 g/mol. The summed E-state index contributed by atoms with van der Waals surface area (Å²) < 4.78 is 19.0. The predicted octanol–water partition coefficient (Wildman–Crippen LogP) is 2.99. The Bertz CT molecular complexity index is 535. The number of halogens is 2. The Hall–Kier alpha value is -1.10. The fraction of sp³-hybridized carbons (Fsp3) is 0.500. The van der Waals surface area contributed by atoms with Gasteiger partial charge >= 0.3 is 0 Å². The summed E-state index contributed by atoms with van der Waals surface area (Å²) in [7, 11) is 0. The number of nitrogens with one attached hydrogen (secondary N) is 1. The van der Waals surface area contributed by atoms with Crippen LogP contribution in [-0.4, -0.2) is 38.9 Å². The van der Waals surface area contributed by atoms with Gasteiger partial charge in [-0.1, -0.05) is 17.7 Å². The standard InChI is InChI=1S/C16H20ClFN2O/c17-15-4-3-14(8-16(15)18)20-6-5-13(10-20)19-9-12-2-1-7-21-11-12/h2-4,8,13,19H,1,5-7,9-11H2. The highest BCUT2D eigenvalue weighted by atomic mass is 35.5. The van der Waals surface area contributed by atoms with Crippen molar-refractivity contribution in [3.05, 3.63) is 40.7 Å². The molecule has 2 heterocycles. The smallest absolute Gasteiger partial charge is 0.143 e. The van der Waals surface area contributed by atoms with Crippen molar-refractivity contribution in [3.8, 4) is 0 Å². The minimum absolute atomic E-state index is 0.178. The molecule has 3 rings (SSSR count). The molecule has 0 spiro atoms. The molecule has 1 unspecified atom stereocenters. The van der Waals surface area contributed by atoms with Crippen molar-refractivity contribution in [3.63, 3.8) is 0 Å². The highest BCUT2D eigenvalue weighted by Gasteiger charge is 2.23. The van der Waals surface area contributed by atoms with Gasteiger partial charge < -0.3 is 15.0 Å². The molecule has 2 aliphatic rings. The van der Waals surface area contributed by atoms with E-state index in [1.54, 1.807) is 6.07 Å². The molecule has 2 aliphatic heterocycles. The van der Waals surface area contributed by atoms with Crippen molar-refractivity contribution in [2.75, 3.05) is 37.7 Å². The van der Waals surface area contributed by atoms with Gasteiger partial charge in [0.25, 0.3) is 0 Å². The Balaban J connectivity index is 1.52. The second-order valence-electron chi connectivity index (χ2n) is 5.61. The SMILES string of the molecule is Fc1cc(N2CCC(NCC3=CCCOC3)C2)ccc1Cl. The van der Waals surface area contributed by atoms with Crippen LogP contribution in [-0.2, 0) is 4.74 Å². The fourth-order valence-corrected chi connectivity index (χ4v) is 2.97. The number of hydrogen-bond acceptors (Lipinski definition) is 3. The van der Waals surface area contributed by atoms with Crippen LogP contribution < -0.4 is 10.2 Å². The highest BCUT2D eigenvalue weighted by Crippen LogP contribution is 2.25. The molecule has 0 amide bonds. The maximum absolute atomic E-state index is 13.5. The topological polar surface area (TPSA) is 24.5 Å². The first-order valence-corrected chi connectivity index (χ1v) is 7.79. The Morgan fingerprint density at radius 2 is 2.33 bits per heavy atom. The van der Waals surface area contributed by atoms with Gasteiger partial charge in [0.1, 0.15) is 5.82 Å². The average Bonchev–Trinajstić information content (AvgIpc) is 2.98. The van der Waals surface area contributed by atoms with Crippen molar-refractivity contribution in [2.45, 2.75) is 18.9 Å². The van der Waals surface area contributed by atoms with Gasteiger partial charge in [0.2, 0.25) is 0 Å². The van der Waals surface area contributed by atoms with Crippen LogP contribution in [0.15, 0.2) is 29.8 Å². The Labute approximate surface area is 129 Å². The summed E-state index contributed by atoms with van der Waals surface area (Å²) in [5.41, 5.74) is 2.23. The number of rotatable bonds is 4. The Kier molecular flexibility index (Phi) is 4.78. The summed E-state index contributed by atoms with van der Waals surface area (Å²) in [4.78, 5) is 2.20. The molecule has 1 saturated heterocycles. The number of benzene rings is 1. The largest absolute Gasteiger partial charge is 0.377 e. The van der Waals surface area contributed by atoms with Crippen molar-refractivity contribution in [1.29, 1.82) is 0 Å². The lowest BCUT2D eigenvalue weighted by molar-refractivity contribution is 0.148. The molecular weight excluding hydrogens is 291 g/mol. The molecule has 1 N–H and O–H groups in total. The van der Waals surface area contributed by atoms with E-state index in [4.69, 9.17) is 16.3 Å². The van der Waals surface area contributed by atoms with E-state index in [1.165, 1.54) is 11.6 Å². The zero-order valence-electron chi connectivity index (χ0n) is 11.9. The molecule has 5 heteroatoms. The molecule has 0 aromatic heterocycles. The van der Waals surface area contributed by atoms with Crippen LogP contribution in [0.25, 0.3) is 0 Å². The molecule has 0 saturated carbocycles. The van der Waals surface area contributed by atoms with E-state index in [2.05, 4.69) is 16.3 Å². The number of ether oxygens (including phenoxy) is 1. The summed E-state index contributed by atoms with van der Waals surface area (Å²) >= 11 is 5.73. The van der Waals surface area contributed by atoms with Crippen molar-refractivity contribution >= 4 is 17.3 Å². The fourth-order valence-electron chi connectivity index (χ4n) is 2.85. The third kappa shape index (κ3) is 3.76. The van der Waals surface area contributed by atoms with E-state index in [1.807, 2.05) is 6.07 Å². The first kappa shape index (κ1) is 14.8. The van der Waals surface area contributed by atoms with Gasteiger partial charge in [-0.15, -0.1) is 0 Å².